The summed E-state index contributed by atoms with van der Waals surface area (Å²) < 4.78 is 31.1. The summed E-state index contributed by atoms with van der Waals surface area (Å²) in [7, 11) is -3.61. The summed E-state index contributed by atoms with van der Waals surface area (Å²) in [6, 6.07) is 9.67. The Labute approximate surface area is 161 Å². The van der Waals surface area contributed by atoms with Crippen LogP contribution in [0.5, 0.6) is 5.75 Å². The van der Waals surface area contributed by atoms with E-state index in [0.29, 0.717) is 21.4 Å². The molecule has 138 valence electrons. The number of nitrogens with one attached hydrogen (secondary N) is 1. The summed E-state index contributed by atoms with van der Waals surface area (Å²) in [6.45, 7) is 1.66. The van der Waals surface area contributed by atoms with Gasteiger partial charge in [0.15, 0.2) is 6.10 Å². The van der Waals surface area contributed by atoms with Crippen molar-refractivity contribution in [1.82, 2.24) is 0 Å². The highest BCUT2D eigenvalue weighted by Gasteiger charge is 2.35. The van der Waals surface area contributed by atoms with Crippen molar-refractivity contribution in [3.63, 3.8) is 0 Å². The van der Waals surface area contributed by atoms with E-state index in [0.717, 1.165) is 16.1 Å². The quantitative estimate of drug-likeness (QED) is 0.833. The highest BCUT2D eigenvalue weighted by molar-refractivity contribution is 7.92. The number of aryl methyl sites for hydroxylation is 1. The summed E-state index contributed by atoms with van der Waals surface area (Å²) in [4.78, 5) is 12.6. The van der Waals surface area contributed by atoms with Gasteiger partial charge in [-0.1, -0.05) is 23.2 Å². The first kappa shape index (κ1) is 18.8. The van der Waals surface area contributed by atoms with Crippen molar-refractivity contribution >= 4 is 50.5 Å². The van der Waals surface area contributed by atoms with E-state index in [2.05, 4.69) is 5.32 Å². The average Bonchev–Trinajstić information content (AvgIpc) is 2.55. The molecule has 1 aliphatic rings. The molecule has 0 radical (unpaired) electrons. The molecule has 0 aromatic heterocycles. The molecule has 1 atom stereocenters. The molecule has 0 spiro atoms. The zero-order chi connectivity index (χ0) is 19.1. The second-order valence-corrected chi connectivity index (χ2v) is 8.74. The largest absolute Gasteiger partial charge is 0.476 e. The Morgan fingerprint density at radius 3 is 2.50 bits per heavy atom. The fourth-order valence-corrected chi connectivity index (χ4v) is 3.95. The minimum absolute atomic E-state index is 0.148. The van der Waals surface area contributed by atoms with Crippen molar-refractivity contribution in [1.29, 1.82) is 0 Å². The maximum absolute atomic E-state index is 12.6. The van der Waals surface area contributed by atoms with Crippen LogP contribution in [-0.2, 0) is 14.8 Å². The van der Waals surface area contributed by atoms with Gasteiger partial charge in [0.25, 0.3) is 5.91 Å². The second-order valence-electron chi connectivity index (χ2n) is 5.96. The summed E-state index contributed by atoms with van der Waals surface area (Å²) >= 11 is 11.9. The van der Waals surface area contributed by atoms with E-state index in [4.69, 9.17) is 27.9 Å². The topological polar surface area (TPSA) is 75.7 Å². The second kappa shape index (κ2) is 6.98. The van der Waals surface area contributed by atoms with Gasteiger partial charge in [0.2, 0.25) is 10.0 Å². The number of carbonyl (C=O) groups excluding carboxylic acids is 1. The van der Waals surface area contributed by atoms with Crippen molar-refractivity contribution in [2.45, 2.75) is 13.0 Å². The Kier molecular flexibility index (Phi) is 5.05. The van der Waals surface area contributed by atoms with Gasteiger partial charge in [-0.15, -0.1) is 0 Å². The van der Waals surface area contributed by atoms with Crippen molar-refractivity contribution in [3.8, 4) is 5.75 Å². The first-order chi connectivity index (χ1) is 12.1. The summed E-state index contributed by atoms with van der Waals surface area (Å²) in [5, 5.41) is 3.69. The molecule has 0 bridgehead atoms. The number of fused-ring (bicyclic) bond motifs is 1. The van der Waals surface area contributed by atoms with Crippen LogP contribution in [0, 0.1) is 6.92 Å². The highest BCUT2D eigenvalue weighted by Crippen LogP contribution is 2.37. The van der Waals surface area contributed by atoms with Crippen LogP contribution >= 0.6 is 23.2 Å². The lowest BCUT2D eigenvalue weighted by molar-refractivity contribution is -0.122. The lowest BCUT2D eigenvalue weighted by Crippen LogP contribution is -2.48. The van der Waals surface area contributed by atoms with Gasteiger partial charge in [-0.3, -0.25) is 9.10 Å². The standard InChI is InChI=1S/C17H16Cl2N2O4S/c1-10-7-11(18)3-5-13(10)20-17(22)16-9-21(26(2,23)24)14-8-12(19)4-6-15(14)25-16/h3-8,16H,9H2,1-2H3,(H,20,22)/t16-/m1/s1. The minimum atomic E-state index is -3.61. The number of rotatable bonds is 3. The van der Waals surface area contributed by atoms with E-state index < -0.39 is 22.0 Å². The maximum Gasteiger partial charge on any atom is 0.267 e. The Morgan fingerprint density at radius 2 is 1.85 bits per heavy atom. The molecule has 1 N–H and O–H groups in total. The van der Waals surface area contributed by atoms with Crippen LogP contribution < -0.4 is 14.4 Å². The smallest absolute Gasteiger partial charge is 0.267 e. The Balaban J connectivity index is 1.89. The molecule has 6 nitrogen and oxygen atoms in total. The van der Waals surface area contributed by atoms with Crippen molar-refractivity contribution in [3.05, 3.63) is 52.0 Å². The third-order valence-corrected chi connectivity index (χ3v) is 5.55. The van der Waals surface area contributed by atoms with E-state index in [1.165, 1.54) is 6.07 Å². The van der Waals surface area contributed by atoms with Gasteiger partial charge >= 0.3 is 0 Å². The van der Waals surface area contributed by atoms with Gasteiger partial charge in [-0.2, -0.15) is 0 Å². The molecule has 0 saturated heterocycles. The van der Waals surface area contributed by atoms with E-state index in [1.807, 2.05) is 6.92 Å². The lowest BCUT2D eigenvalue weighted by atomic mass is 10.1. The van der Waals surface area contributed by atoms with E-state index >= 15 is 0 Å². The van der Waals surface area contributed by atoms with Gasteiger partial charge < -0.3 is 10.1 Å². The Bertz CT molecular complexity index is 979. The SMILES string of the molecule is Cc1cc(Cl)ccc1NC(=O)[C@H]1CN(S(C)(=O)=O)c2cc(Cl)ccc2O1. The lowest BCUT2D eigenvalue weighted by Gasteiger charge is -2.34. The fraction of sp³-hybridized carbons (Fsp3) is 0.235. The summed E-state index contributed by atoms with van der Waals surface area (Å²) in [5.74, 6) is -0.177. The summed E-state index contributed by atoms with van der Waals surface area (Å²) in [5.41, 5.74) is 1.68. The molecule has 3 rings (SSSR count). The molecule has 0 fully saturated rings. The minimum Gasteiger partial charge on any atom is -0.476 e. The monoisotopic (exact) mass is 414 g/mol. The van der Waals surface area contributed by atoms with Crippen LogP contribution in [0.4, 0.5) is 11.4 Å². The van der Waals surface area contributed by atoms with Crippen molar-refractivity contribution in [2.75, 3.05) is 22.4 Å². The molecule has 9 heteroatoms. The van der Waals surface area contributed by atoms with Crippen LogP contribution in [0.15, 0.2) is 36.4 Å². The molecule has 1 heterocycles. The number of anilines is 2. The molecule has 1 amide bonds. The number of nitrogens with zero attached hydrogens (tertiary/aromatic N) is 1. The molecular formula is C17H16Cl2N2O4S. The molecule has 0 aliphatic carbocycles. The van der Waals surface area contributed by atoms with E-state index in [-0.39, 0.29) is 12.3 Å². The van der Waals surface area contributed by atoms with Gasteiger partial charge in [0.05, 0.1) is 18.5 Å². The predicted octanol–water partition coefficient (Wildman–Crippen LogP) is 3.47. The van der Waals surface area contributed by atoms with E-state index in [9.17, 15) is 13.2 Å². The molecule has 2 aromatic carbocycles. The first-order valence-corrected chi connectivity index (χ1v) is 10.3. The van der Waals surface area contributed by atoms with Crippen LogP contribution in [0.2, 0.25) is 10.0 Å². The number of carbonyl (C=O) groups is 1. The first-order valence-electron chi connectivity index (χ1n) is 7.66. The van der Waals surface area contributed by atoms with Gasteiger partial charge in [-0.05, 0) is 48.9 Å². The number of benzene rings is 2. The van der Waals surface area contributed by atoms with Crippen LogP contribution in [0.1, 0.15) is 5.56 Å². The summed E-state index contributed by atoms with van der Waals surface area (Å²) in [6.07, 6.45) is 0.0647. The van der Waals surface area contributed by atoms with Gasteiger partial charge in [-0.25, -0.2) is 8.42 Å². The number of amides is 1. The van der Waals surface area contributed by atoms with Crippen LogP contribution in [0.3, 0.4) is 0 Å². The molecule has 1 aliphatic heterocycles. The number of halogens is 2. The fourth-order valence-electron chi connectivity index (χ4n) is 2.66. The highest BCUT2D eigenvalue weighted by atomic mass is 35.5. The number of hydrogen-bond donors (Lipinski definition) is 1. The molecule has 26 heavy (non-hydrogen) atoms. The molecule has 0 saturated carbocycles. The third-order valence-electron chi connectivity index (χ3n) is 3.93. The molecular weight excluding hydrogens is 399 g/mol. The Morgan fingerprint density at radius 1 is 1.19 bits per heavy atom. The average molecular weight is 415 g/mol. The van der Waals surface area contributed by atoms with Gasteiger partial charge in [0.1, 0.15) is 5.75 Å². The van der Waals surface area contributed by atoms with Crippen molar-refractivity contribution in [2.24, 2.45) is 0 Å². The van der Waals surface area contributed by atoms with Crippen molar-refractivity contribution < 1.29 is 17.9 Å². The normalized spacial score (nSPS) is 16.6. The number of sulfonamides is 1. The van der Waals surface area contributed by atoms with E-state index in [1.54, 1.807) is 30.3 Å². The zero-order valence-corrected chi connectivity index (χ0v) is 16.3. The molecule has 2 aromatic rings. The maximum atomic E-state index is 12.6. The Hall–Kier alpha value is -1.96. The zero-order valence-electron chi connectivity index (χ0n) is 14.0. The van der Waals surface area contributed by atoms with Crippen LogP contribution in [-0.4, -0.2) is 33.2 Å². The number of ether oxygens (including phenoxy) is 1. The third kappa shape index (κ3) is 3.90. The number of hydrogen-bond acceptors (Lipinski definition) is 4. The molecule has 0 unspecified atom stereocenters. The van der Waals surface area contributed by atoms with Gasteiger partial charge in [0, 0.05) is 15.7 Å². The van der Waals surface area contributed by atoms with Crippen LogP contribution in [0.25, 0.3) is 0 Å². The predicted molar refractivity (Wildman–Crippen MR) is 103 cm³/mol.